The highest BCUT2D eigenvalue weighted by Gasteiger charge is 2.04. The van der Waals surface area contributed by atoms with Crippen molar-refractivity contribution in [3.05, 3.63) is 0 Å². The standard InChI is InChI=1S/C18H38N2O/c1-16(2)18(21)20-15-13-11-9-7-5-6-8-10-12-14-19-17(3)4/h16-17,19H,5-15H2,1-4H3,(H,20,21). The first-order valence-electron chi connectivity index (χ1n) is 9.05. The second kappa shape index (κ2) is 14.4. The molecule has 0 radical (unpaired) electrons. The molecule has 0 bridgehead atoms. The van der Waals surface area contributed by atoms with Crippen LogP contribution in [0.4, 0.5) is 0 Å². The molecule has 0 heterocycles. The molecule has 0 saturated heterocycles. The summed E-state index contributed by atoms with van der Waals surface area (Å²) in [7, 11) is 0. The Balaban J connectivity index is 3.08. The molecule has 0 spiro atoms. The summed E-state index contributed by atoms with van der Waals surface area (Å²) in [5.74, 6) is 0.294. The molecule has 0 rings (SSSR count). The fourth-order valence-corrected chi connectivity index (χ4v) is 2.29. The van der Waals surface area contributed by atoms with E-state index in [1.54, 1.807) is 0 Å². The summed E-state index contributed by atoms with van der Waals surface area (Å²) in [5.41, 5.74) is 0. The van der Waals surface area contributed by atoms with Gasteiger partial charge in [-0.25, -0.2) is 0 Å². The van der Waals surface area contributed by atoms with Crippen molar-refractivity contribution in [1.82, 2.24) is 10.6 Å². The van der Waals surface area contributed by atoms with Crippen LogP contribution in [0.2, 0.25) is 0 Å². The first kappa shape index (κ1) is 20.4. The molecule has 0 aliphatic rings. The lowest BCUT2D eigenvalue weighted by atomic mass is 10.1. The Morgan fingerprint density at radius 3 is 1.57 bits per heavy atom. The SMILES string of the molecule is CC(C)NCCCCCCCCCCCNC(=O)C(C)C. The molecule has 0 aromatic carbocycles. The van der Waals surface area contributed by atoms with Crippen molar-refractivity contribution in [2.45, 2.75) is 91.5 Å². The average Bonchev–Trinajstić information content (AvgIpc) is 2.43. The van der Waals surface area contributed by atoms with Gasteiger partial charge in [0.2, 0.25) is 5.91 Å². The van der Waals surface area contributed by atoms with Gasteiger partial charge in [0.1, 0.15) is 0 Å². The number of carbonyl (C=O) groups is 1. The van der Waals surface area contributed by atoms with Gasteiger partial charge in [-0.1, -0.05) is 72.6 Å². The highest BCUT2D eigenvalue weighted by atomic mass is 16.1. The zero-order valence-electron chi connectivity index (χ0n) is 14.8. The summed E-state index contributed by atoms with van der Waals surface area (Å²) in [5, 5.41) is 6.44. The van der Waals surface area contributed by atoms with Crippen molar-refractivity contribution in [2.75, 3.05) is 13.1 Å². The molecule has 2 N–H and O–H groups in total. The Morgan fingerprint density at radius 2 is 1.14 bits per heavy atom. The number of amides is 1. The molecule has 0 unspecified atom stereocenters. The molecule has 0 saturated carbocycles. The Hall–Kier alpha value is -0.570. The van der Waals surface area contributed by atoms with Crippen LogP contribution in [0, 0.1) is 5.92 Å². The van der Waals surface area contributed by atoms with Gasteiger partial charge in [-0.2, -0.15) is 0 Å². The lowest BCUT2D eigenvalue weighted by Gasteiger charge is -2.08. The molecule has 0 fully saturated rings. The Labute approximate surface area is 132 Å². The molecule has 0 atom stereocenters. The van der Waals surface area contributed by atoms with E-state index < -0.39 is 0 Å². The zero-order chi connectivity index (χ0) is 15.9. The van der Waals surface area contributed by atoms with Crippen molar-refractivity contribution in [1.29, 1.82) is 0 Å². The third-order valence-corrected chi connectivity index (χ3v) is 3.73. The molecule has 0 aliphatic heterocycles. The molecule has 126 valence electrons. The lowest BCUT2D eigenvalue weighted by Crippen LogP contribution is -2.28. The van der Waals surface area contributed by atoms with Crippen LogP contribution in [0.25, 0.3) is 0 Å². The summed E-state index contributed by atoms with van der Waals surface area (Å²) in [6, 6.07) is 0.621. The lowest BCUT2D eigenvalue weighted by molar-refractivity contribution is -0.123. The first-order chi connectivity index (χ1) is 10.0. The van der Waals surface area contributed by atoms with Crippen molar-refractivity contribution in [3.8, 4) is 0 Å². The van der Waals surface area contributed by atoms with E-state index in [2.05, 4.69) is 24.5 Å². The normalized spacial score (nSPS) is 11.3. The molecule has 1 amide bonds. The van der Waals surface area contributed by atoms with Gasteiger partial charge in [0.25, 0.3) is 0 Å². The summed E-state index contributed by atoms with van der Waals surface area (Å²) in [4.78, 5) is 11.3. The van der Waals surface area contributed by atoms with Gasteiger partial charge in [0.05, 0.1) is 0 Å². The van der Waals surface area contributed by atoms with Crippen molar-refractivity contribution >= 4 is 5.91 Å². The van der Waals surface area contributed by atoms with Crippen LogP contribution in [-0.2, 0) is 4.79 Å². The summed E-state index contributed by atoms with van der Waals surface area (Å²) in [6.45, 7) is 10.3. The molecular weight excluding hydrogens is 260 g/mol. The third kappa shape index (κ3) is 15.6. The maximum atomic E-state index is 11.3. The fourth-order valence-electron chi connectivity index (χ4n) is 2.29. The Morgan fingerprint density at radius 1 is 0.714 bits per heavy atom. The average molecular weight is 299 g/mol. The predicted molar refractivity (Wildman–Crippen MR) is 92.5 cm³/mol. The second-order valence-corrected chi connectivity index (χ2v) is 6.74. The van der Waals surface area contributed by atoms with Crippen LogP contribution in [0.1, 0.15) is 85.5 Å². The predicted octanol–water partition coefficient (Wildman–Crippen LogP) is 4.27. The minimum atomic E-state index is 0.112. The maximum absolute atomic E-state index is 11.3. The number of unbranched alkanes of at least 4 members (excludes halogenated alkanes) is 8. The van der Waals surface area contributed by atoms with Gasteiger partial charge in [0.15, 0.2) is 0 Å². The van der Waals surface area contributed by atoms with E-state index in [1.807, 2.05) is 13.8 Å². The van der Waals surface area contributed by atoms with E-state index in [1.165, 1.54) is 57.9 Å². The van der Waals surface area contributed by atoms with Gasteiger partial charge in [-0.05, 0) is 19.4 Å². The van der Waals surface area contributed by atoms with Crippen LogP contribution >= 0.6 is 0 Å². The van der Waals surface area contributed by atoms with E-state index in [0.29, 0.717) is 6.04 Å². The number of hydrogen-bond donors (Lipinski definition) is 2. The van der Waals surface area contributed by atoms with Crippen molar-refractivity contribution in [3.63, 3.8) is 0 Å². The van der Waals surface area contributed by atoms with Gasteiger partial charge < -0.3 is 10.6 Å². The minimum absolute atomic E-state index is 0.112. The largest absolute Gasteiger partial charge is 0.356 e. The first-order valence-corrected chi connectivity index (χ1v) is 9.05. The molecule has 0 aromatic rings. The van der Waals surface area contributed by atoms with E-state index in [0.717, 1.165) is 13.0 Å². The molecular formula is C18H38N2O. The highest BCUT2D eigenvalue weighted by molar-refractivity contribution is 5.77. The van der Waals surface area contributed by atoms with E-state index in [9.17, 15) is 4.79 Å². The van der Waals surface area contributed by atoms with Crippen LogP contribution in [-0.4, -0.2) is 25.0 Å². The number of nitrogens with one attached hydrogen (secondary N) is 2. The minimum Gasteiger partial charge on any atom is -0.356 e. The van der Waals surface area contributed by atoms with E-state index >= 15 is 0 Å². The van der Waals surface area contributed by atoms with Crippen LogP contribution < -0.4 is 10.6 Å². The van der Waals surface area contributed by atoms with E-state index in [-0.39, 0.29) is 11.8 Å². The monoisotopic (exact) mass is 298 g/mol. The Bertz CT molecular complexity index is 239. The Kier molecular flexibility index (Phi) is 14.0. The van der Waals surface area contributed by atoms with Gasteiger partial charge in [-0.3, -0.25) is 4.79 Å². The number of hydrogen-bond acceptors (Lipinski definition) is 2. The number of carbonyl (C=O) groups excluding carboxylic acids is 1. The van der Waals surface area contributed by atoms with Crippen LogP contribution in [0.3, 0.4) is 0 Å². The van der Waals surface area contributed by atoms with Gasteiger partial charge in [-0.15, -0.1) is 0 Å². The molecule has 3 heteroatoms. The van der Waals surface area contributed by atoms with Crippen molar-refractivity contribution in [2.24, 2.45) is 5.92 Å². The van der Waals surface area contributed by atoms with Crippen LogP contribution in [0.5, 0.6) is 0 Å². The van der Waals surface area contributed by atoms with Gasteiger partial charge >= 0.3 is 0 Å². The second-order valence-electron chi connectivity index (χ2n) is 6.74. The van der Waals surface area contributed by atoms with Crippen LogP contribution in [0.15, 0.2) is 0 Å². The summed E-state index contributed by atoms with van der Waals surface area (Å²) >= 11 is 0. The molecule has 0 aromatic heterocycles. The molecule has 3 nitrogen and oxygen atoms in total. The zero-order valence-corrected chi connectivity index (χ0v) is 14.8. The quantitative estimate of drug-likeness (QED) is 0.470. The fraction of sp³-hybridized carbons (Fsp3) is 0.944. The third-order valence-electron chi connectivity index (χ3n) is 3.73. The highest BCUT2D eigenvalue weighted by Crippen LogP contribution is 2.09. The topological polar surface area (TPSA) is 41.1 Å². The molecule has 0 aliphatic carbocycles. The number of rotatable bonds is 14. The maximum Gasteiger partial charge on any atom is 0.222 e. The van der Waals surface area contributed by atoms with Crippen molar-refractivity contribution < 1.29 is 4.79 Å². The summed E-state index contributed by atoms with van der Waals surface area (Å²) < 4.78 is 0. The van der Waals surface area contributed by atoms with Gasteiger partial charge in [0, 0.05) is 18.5 Å². The molecule has 21 heavy (non-hydrogen) atoms. The smallest absolute Gasteiger partial charge is 0.222 e. The summed E-state index contributed by atoms with van der Waals surface area (Å²) in [6.07, 6.45) is 11.8. The van der Waals surface area contributed by atoms with E-state index in [4.69, 9.17) is 0 Å².